The Bertz CT molecular complexity index is 699. The van der Waals surface area contributed by atoms with Crippen LogP contribution in [0.2, 0.25) is 5.02 Å². The molecule has 3 aromatic rings. The molecule has 0 unspecified atom stereocenters. The van der Waals surface area contributed by atoms with Crippen molar-refractivity contribution in [3.63, 3.8) is 0 Å². The van der Waals surface area contributed by atoms with Gasteiger partial charge in [0.15, 0.2) is 5.75 Å². The lowest BCUT2D eigenvalue weighted by atomic mass is 10.2. The van der Waals surface area contributed by atoms with Gasteiger partial charge in [0, 0.05) is 10.6 Å². The molecule has 0 radical (unpaired) electrons. The second-order valence-electron chi connectivity index (χ2n) is 4.08. The van der Waals surface area contributed by atoms with Gasteiger partial charge in [0.2, 0.25) is 5.89 Å². The zero-order valence-corrected chi connectivity index (χ0v) is 11.2. The number of halogens is 1. The number of nitrogens with one attached hydrogen (secondary N) is 1. The summed E-state index contributed by atoms with van der Waals surface area (Å²) < 4.78 is 5.25. The molecule has 0 saturated carbocycles. The smallest absolute Gasteiger partial charge is 0.225 e. The minimum atomic E-state index is 0.554. The Kier molecular flexibility index (Phi) is 3.56. The SMILES string of the molecule is Clc1cccc(NOc2cccc(-c3ncco3)c2)c1. The van der Waals surface area contributed by atoms with Gasteiger partial charge in [-0.25, -0.2) is 10.5 Å². The van der Waals surface area contributed by atoms with Gasteiger partial charge in [-0.3, -0.25) is 0 Å². The quantitative estimate of drug-likeness (QED) is 0.722. The van der Waals surface area contributed by atoms with Crippen LogP contribution in [0, 0.1) is 0 Å². The maximum Gasteiger partial charge on any atom is 0.225 e. The molecule has 1 N–H and O–H groups in total. The summed E-state index contributed by atoms with van der Waals surface area (Å²) in [6, 6.07) is 14.7. The summed E-state index contributed by atoms with van der Waals surface area (Å²) in [6.07, 6.45) is 3.14. The molecule has 3 rings (SSSR count). The van der Waals surface area contributed by atoms with Crippen molar-refractivity contribution in [3.05, 3.63) is 66.0 Å². The van der Waals surface area contributed by atoms with Gasteiger partial charge in [0.1, 0.15) is 6.26 Å². The highest BCUT2D eigenvalue weighted by atomic mass is 35.5. The molecule has 0 atom stereocenters. The molecular weight excluding hydrogens is 276 g/mol. The van der Waals surface area contributed by atoms with Gasteiger partial charge in [-0.15, -0.1) is 0 Å². The number of aromatic nitrogens is 1. The van der Waals surface area contributed by atoms with Crippen molar-refractivity contribution >= 4 is 17.3 Å². The van der Waals surface area contributed by atoms with E-state index in [9.17, 15) is 0 Å². The van der Waals surface area contributed by atoms with Gasteiger partial charge in [-0.1, -0.05) is 23.7 Å². The molecule has 0 spiro atoms. The number of hydrogen-bond donors (Lipinski definition) is 1. The minimum Gasteiger partial charge on any atom is -0.445 e. The Hall–Kier alpha value is -2.46. The van der Waals surface area contributed by atoms with Crippen molar-refractivity contribution in [2.24, 2.45) is 0 Å². The Morgan fingerprint density at radius 1 is 1.10 bits per heavy atom. The van der Waals surface area contributed by atoms with Crippen LogP contribution in [0.15, 0.2) is 65.4 Å². The van der Waals surface area contributed by atoms with Crippen LogP contribution in [-0.4, -0.2) is 4.98 Å². The maximum atomic E-state index is 5.90. The molecule has 0 aliphatic rings. The summed E-state index contributed by atoms with van der Waals surface area (Å²) in [5.41, 5.74) is 4.46. The number of benzene rings is 2. The monoisotopic (exact) mass is 286 g/mol. The molecule has 0 aliphatic heterocycles. The number of oxazole rings is 1. The van der Waals surface area contributed by atoms with E-state index >= 15 is 0 Å². The zero-order valence-electron chi connectivity index (χ0n) is 10.4. The molecule has 0 bridgehead atoms. The fourth-order valence-corrected chi connectivity index (χ4v) is 1.92. The highest BCUT2D eigenvalue weighted by Crippen LogP contribution is 2.23. The summed E-state index contributed by atoms with van der Waals surface area (Å²) >= 11 is 5.90. The van der Waals surface area contributed by atoms with Crippen LogP contribution in [-0.2, 0) is 0 Å². The molecule has 1 aromatic heterocycles. The normalized spacial score (nSPS) is 10.2. The van der Waals surface area contributed by atoms with E-state index in [0.29, 0.717) is 16.7 Å². The predicted molar refractivity (Wildman–Crippen MR) is 77.6 cm³/mol. The van der Waals surface area contributed by atoms with E-state index in [0.717, 1.165) is 11.3 Å². The number of anilines is 1. The van der Waals surface area contributed by atoms with Crippen LogP contribution < -0.4 is 10.3 Å². The van der Waals surface area contributed by atoms with Crippen molar-refractivity contribution < 1.29 is 9.25 Å². The Balaban J connectivity index is 1.73. The van der Waals surface area contributed by atoms with Crippen molar-refractivity contribution in [1.29, 1.82) is 0 Å². The Morgan fingerprint density at radius 2 is 2.00 bits per heavy atom. The van der Waals surface area contributed by atoms with Gasteiger partial charge < -0.3 is 9.25 Å². The fraction of sp³-hybridized carbons (Fsp3) is 0. The first kappa shape index (κ1) is 12.6. The molecule has 20 heavy (non-hydrogen) atoms. The third-order valence-corrected chi connectivity index (χ3v) is 2.86. The molecule has 2 aromatic carbocycles. The molecule has 5 heteroatoms. The average Bonchev–Trinajstić information content (AvgIpc) is 3.00. The standard InChI is InChI=1S/C15H11ClN2O2/c16-12-4-2-5-13(10-12)18-20-14-6-1-3-11(9-14)15-17-7-8-19-15/h1-10,18H. The summed E-state index contributed by atoms with van der Waals surface area (Å²) in [7, 11) is 0. The minimum absolute atomic E-state index is 0.554. The largest absolute Gasteiger partial charge is 0.445 e. The second-order valence-corrected chi connectivity index (χ2v) is 4.52. The lowest BCUT2D eigenvalue weighted by Crippen LogP contribution is -2.04. The lowest BCUT2D eigenvalue weighted by Gasteiger charge is -2.09. The Labute approximate surface area is 120 Å². The molecule has 100 valence electrons. The highest BCUT2D eigenvalue weighted by molar-refractivity contribution is 6.30. The summed E-state index contributed by atoms with van der Waals surface area (Å²) in [6.45, 7) is 0. The summed E-state index contributed by atoms with van der Waals surface area (Å²) in [5.74, 6) is 1.21. The number of hydrogen-bond acceptors (Lipinski definition) is 4. The molecule has 0 fully saturated rings. The number of nitrogens with zero attached hydrogens (tertiary/aromatic N) is 1. The van der Waals surface area contributed by atoms with Crippen LogP contribution in [0.3, 0.4) is 0 Å². The summed E-state index contributed by atoms with van der Waals surface area (Å²) in [4.78, 5) is 9.61. The van der Waals surface area contributed by atoms with Crippen molar-refractivity contribution in [2.75, 3.05) is 5.48 Å². The van der Waals surface area contributed by atoms with Crippen LogP contribution in [0.4, 0.5) is 5.69 Å². The van der Waals surface area contributed by atoms with E-state index in [-0.39, 0.29) is 0 Å². The van der Waals surface area contributed by atoms with E-state index in [1.807, 2.05) is 36.4 Å². The van der Waals surface area contributed by atoms with E-state index in [1.54, 1.807) is 18.3 Å². The second kappa shape index (κ2) is 5.67. The van der Waals surface area contributed by atoms with E-state index in [1.165, 1.54) is 6.26 Å². The topological polar surface area (TPSA) is 47.3 Å². The molecule has 0 saturated heterocycles. The van der Waals surface area contributed by atoms with Crippen molar-refractivity contribution in [3.8, 4) is 17.2 Å². The third-order valence-electron chi connectivity index (χ3n) is 2.62. The van der Waals surface area contributed by atoms with E-state index in [2.05, 4.69) is 10.5 Å². The first-order valence-corrected chi connectivity index (χ1v) is 6.37. The van der Waals surface area contributed by atoms with Crippen molar-refractivity contribution in [2.45, 2.75) is 0 Å². The van der Waals surface area contributed by atoms with Crippen LogP contribution in [0.5, 0.6) is 5.75 Å². The van der Waals surface area contributed by atoms with Gasteiger partial charge in [0.05, 0.1) is 11.9 Å². The third kappa shape index (κ3) is 2.92. The first-order chi connectivity index (χ1) is 9.81. The maximum absolute atomic E-state index is 5.90. The van der Waals surface area contributed by atoms with Gasteiger partial charge >= 0.3 is 0 Å². The lowest BCUT2D eigenvalue weighted by molar-refractivity contribution is 0.405. The Morgan fingerprint density at radius 3 is 2.80 bits per heavy atom. The van der Waals surface area contributed by atoms with Crippen molar-refractivity contribution in [1.82, 2.24) is 4.98 Å². The van der Waals surface area contributed by atoms with E-state index in [4.69, 9.17) is 20.9 Å². The molecule has 0 aliphatic carbocycles. The van der Waals surface area contributed by atoms with Gasteiger partial charge in [-0.2, -0.15) is 0 Å². The predicted octanol–water partition coefficient (Wildman–Crippen LogP) is 4.40. The zero-order chi connectivity index (χ0) is 13.8. The van der Waals surface area contributed by atoms with Crippen LogP contribution >= 0.6 is 11.6 Å². The van der Waals surface area contributed by atoms with Crippen LogP contribution in [0.1, 0.15) is 0 Å². The number of rotatable bonds is 4. The van der Waals surface area contributed by atoms with Crippen LogP contribution in [0.25, 0.3) is 11.5 Å². The van der Waals surface area contributed by atoms with Gasteiger partial charge in [0.25, 0.3) is 0 Å². The van der Waals surface area contributed by atoms with E-state index < -0.39 is 0 Å². The average molecular weight is 287 g/mol. The molecular formula is C15H11ClN2O2. The molecule has 4 nitrogen and oxygen atoms in total. The first-order valence-electron chi connectivity index (χ1n) is 5.99. The molecule has 0 amide bonds. The molecule has 1 heterocycles. The highest BCUT2D eigenvalue weighted by Gasteiger charge is 2.04. The fourth-order valence-electron chi connectivity index (χ4n) is 1.73. The van der Waals surface area contributed by atoms with Gasteiger partial charge in [-0.05, 0) is 36.4 Å². The summed E-state index contributed by atoms with van der Waals surface area (Å²) in [5, 5.41) is 0.645.